The molecule has 1 fully saturated rings. The Kier molecular flexibility index (Phi) is 6.16. The third-order valence-electron chi connectivity index (χ3n) is 3.41. The SMILES string of the molecule is CN(C(=O)c1ccc(F)c(NS(C)(=O)=O)c1)C1CCNC1.Cl. The van der Waals surface area contributed by atoms with Crippen LogP contribution in [-0.2, 0) is 10.0 Å². The number of carbonyl (C=O) groups excluding carboxylic acids is 1. The van der Waals surface area contributed by atoms with Gasteiger partial charge in [0.25, 0.3) is 5.91 Å². The Morgan fingerprint density at radius 1 is 1.45 bits per heavy atom. The summed E-state index contributed by atoms with van der Waals surface area (Å²) in [5.74, 6) is -0.984. The first kappa shape index (κ1) is 18.7. The van der Waals surface area contributed by atoms with E-state index in [0.29, 0.717) is 0 Å². The third kappa shape index (κ3) is 4.56. The van der Waals surface area contributed by atoms with Gasteiger partial charge >= 0.3 is 0 Å². The lowest BCUT2D eigenvalue weighted by Gasteiger charge is -2.24. The number of hydrogen-bond acceptors (Lipinski definition) is 4. The summed E-state index contributed by atoms with van der Waals surface area (Å²) in [6.45, 7) is 1.57. The minimum Gasteiger partial charge on any atom is -0.337 e. The Morgan fingerprint density at radius 2 is 2.14 bits per heavy atom. The molecule has 0 saturated carbocycles. The summed E-state index contributed by atoms with van der Waals surface area (Å²) in [6.07, 6.45) is 1.79. The second-order valence-corrected chi connectivity index (χ2v) is 6.88. The second kappa shape index (κ2) is 7.26. The fourth-order valence-electron chi connectivity index (χ4n) is 2.28. The number of nitrogens with one attached hydrogen (secondary N) is 2. The van der Waals surface area contributed by atoms with Crippen molar-refractivity contribution in [3.05, 3.63) is 29.6 Å². The van der Waals surface area contributed by atoms with E-state index in [1.165, 1.54) is 12.1 Å². The molecule has 1 aliphatic rings. The number of rotatable bonds is 4. The van der Waals surface area contributed by atoms with E-state index in [9.17, 15) is 17.6 Å². The monoisotopic (exact) mass is 351 g/mol. The average molecular weight is 352 g/mol. The van der Waals surface area contributed by atoms with Crippen molar-refractivity contribution in [3.8, 4) is 0 Å². The summed E-state index contributed by atoms with van der Waals surface area (Å²) in [5, 5.41) is 3.17. The molecule has 1 aromatic carbocycles. The molecular weight excluding hydrogens is 333 g/mol. The maximum atomic E-state index is 13.6. The van der Waals surface area contributed by atoms with Gasteiger partial charge in [0, 0.05) is 25.2 Å². The molecule has 1 atom stereocenters. The fraction of sp³-hybridized carbons (Fsp3) is 0.462. The summed E-state index contributed by atoms with van der Waals surface area (Å²) in [5.41, 5.74) is 0.0262. The van der Waals surface area contributed by atoms with E-state index in [2.05, 4.69) is 10.0 Å². The quantitative estimate of drug-likeness (QED) is 0.850. The number of nitrogens with zero attached hydrogens (tertiary/aromatic N) is 1. The number of halogens is 2. The van der Waals surface area contributed by atoms with Crippen LogP contribution < -0.4 is 10.0 Å². The van der Waals surface area contributed by atoms with Gasteiger partial charge in [-0.15, -0.1) is 12.4 Å². The first-order valence-corrected chi connectivity index (χ1v) is 8.42. The molecule has 0 aliphatic carbocycles. The molecule has 0 bridgehead atoms. The number of hydrogen-bond donors (Lipinski definition) is 2. The van der Waals surface area contributed by atoms with Gasteiger partial charge in [0.15, 0.2) is 0 Å². The molecule has 1 aromatic rings. The minimum absolute atomic E-state index is 0. The van der Waals surface area contributed by atoms with Crippen molar-refractivity contribution in [2.45, 2.75) is 12.5 Å². The molecule has 2 rings (SSSR count). The van der Waals surface area contributed by atoms with Crippen LogP contribution in [0.25, 0.3) is 0 Å². The zero-order valence-corrected chi connectivity index (χ0v) is 13.9. The first-order chi connectivity index (χ1) is 9.78. The molecule has 0 aromatic heterocycles. The molecule has 6 nitrogen and oxygen atoms in total. The van der Waals surface area contributed by atoms with Gasteiger partial charge in [0.05, 0.1) is 11.9 Å². The molecule has 22 heavy (non-hydrogen) atoms. The van der Waals surface area contributed by atoms with Crippen LogP contribution in [0.2, 0.25) is 0 Å². The highest BCUT2D eigenvalue weighted by Crippen LogP contribution is 2.19. The lowest BCUT2D eigenvalue weighted by Crippen LogP contribution is -2.38. The summed E-state index contributed by atoms with van der Waals surface area (Å²) in [6, 6.07) is 3.75. The Balaban J connectivity index is 0.00000242. The predicted molar refractivity (Wildman–Crippen MR) is 85.5 cm³/mol. The van der Waals surface area contributed by atoms with Crippen LogP contribution in [0.1, 0.15) is 16.8 Å². The van der Waals surface area contributed by atoms with Crippen molar-refractivity contribution < 1.29 is 17.6 Å². The molecule has 2 N–H and O–H groups in total. The Morgan fingerprint density at radius 3 is 2.68 bits per heavy atom. The van der Waals surface area contributed by atoms with Crippen molar-refractivity contribution in [2.75, 3.05) is 31.1 Å². The number of carbonyl (C=O) groups is 1. The van der Waals surface area contributed by atoms with Crippen LogP contribution in [-0.4, -0.2) is 51.7 Å². The summed E-state index contributed by atoms with van der Waals surface area (Å²) in [4.78, 5) is 14.0. The van der Waals surface area contributed by atoms with E-state index in [1.54, 1.807) is 11.9 Å². The van der Waals surface area contributed by atoms with Gasteiger partial charge in [-0.2, -0.15) is 0 Å². The van der Waals surface area contributed by atoms with Crippen molar-refractivity contribution >= 4 is 34.0 Å². The van der Waals surface area contributed by atoms with E-state index in [0.717, 1.165) is 31.8 Å². The topological polar surface area (TPSA) is 78.5 Å². The number of benzene rings is 1. The number of likely N-dealkylation sites (N-methyl/N-ethyl adjacent to an activating group) is 1. The van der Waals surface area contributed by atoms with Gasteiger partial charge < -0.3 is 10.2 Å². The molecule has 124 valence electrons. The molecule has 1 aliphatic heterocycles. The van der Waals surface area contributed by atoms with Crippen molar-refractivity contribution in [2.24, 2.45) is 0 Å². The van der Waals surface area contributed by atoms with Gasteiger partial charge in [-0.05, 0) is 31.2 Å². The van der Waals surface area contributed by atoms with Gasteiger partial charge in [0.1, 0.15) is 5.82 Å². The number of sulfonamides is 1. The maximum Gasteiger partial charge on any atom is 0.253 e. The molecule has 1 unspecified atom stereocenters. The van der Waals surface area contributed by atoms with Crippen LogP contribution in [0.3, 0.4) is 0 Å². The standard InChI is InChI=1S/C13H18FN3O3S.ClH/c1-17(10-5-6-15-8-10)13(18)9-3-4-11(14)12(7-9)16-21(2,19)20;/h3-4,7,10,15-16H,5-6,8H2,1-2H3;1H. The normalized spacial score (nSPS) is 17.7. The van der Waals surface area contributed by atoms with Crippen LogP contribution in [0.15, 0.2) is 18.2 Å². The molecule has 0 radical (unpaired) electrons. The van der Waals surface area contributed by atoms with E-state index < -0.39 is 15.8 Å². The summed E-state index contributed by atoms with van der Waals surface area (Å²) >= 11 is 0. The van der Waals surface area contributed by atoms with E-state index in [1.807, 2.05) is 0 Å². The molecular formula is C13H19ClFN3O3S. The van der Waals surface area contributed by atoms with Crippen molar-refractivity contribution in [1.29, 1.82) is 0 Å². The Bertz CT molecular complexity index is 648. The molecule has 1 heterocycles. The van der Waals surface area contributed by atoms with E-state index in [4.69, 9.17) is 0 Å². The maximum absolute atomic E-state index is 13.6. The Hall–Kier alpha value is -1.38. The van der Waals surface area contributed by atoms with Gasteiger partial charge in [-0.25, -0.2) is 12.8 Å². The molecule has 0 spiro atoms. The van der Waals surface area contributed by atoms with Crippen LogP contribution in [0, 0.1) is 5.82 Å². The smallest absolute Gasteiger partial charge is 0.253 e. The highest BCUT2D eigenvalue weighted by atomic mass is 35.5. The Labute approximate surface area is 135 Å². The zero-order chi connectivity index (χ0) is 15.6. The van der Waals surface area contributed by atoms with Gasteiger partial charge in [-0.3, -0.25) is 9.52 Å². The predicted octanol–water partition coefficient (Wildman–Crippen LogP) is 1.05. The van der Waals surface area contributed by atoms with Crippen LogP contribution in [0.4, 0.5) is 10.1 Å². The van der Waals surface area contributed by atoms with Crippen LogP contribution >= 0.6 is 12.4 Å². The molecule has 9 heteroatoms. The lowest BCUT2D eigenvalue weighted by molar-refractivity contribution is 0.0744. The van der Waals surface area contributed by atoms with E-state index in [-0.39, 0.29) is 35.6 Å². The number of anilines is 1. The minimum atomic E-state index is -3.60. The van der Waals surface area contributed by atoms with Gasteiger partial charge in [-0.1, -0.05) is 0 Å². The summed E-state index contributed by atoms with van der Waals surface area (Å²) < 4.78 is 38.1. The van der Waals surface area contributed by atoms with Crippen molar-refractivity contribution in [1.82, 2.24) is 10.2 Å². The summed E-state index contributed by atoms with van der Waals surface area (Å²) in [7, 11) is -1.92. The molecule has 1 saturated heterocycles. The second-order valence-electron chi connectivity index (χ2n) is 5.13. The van der Waals surface area contributed by atoms with Crippen molar-refractivity contribution in [3.63, 3.8) is 0 Å². The van der Waals surface area contributed by atoms with E-state index >= 15 is 0 Å². The third-order valence-corrected chi connectivity index (χ3v) is 4.00. The highest BCUT2D eigenvalue weighted by Gasteiger charge is 2.24. The molecule has 1 amide bonds. The largest absolute Gasteiger partial charge is 0.337 e. The van der Waals surface area contributed by atoms with Gasteiger partial charge in [0.2, 0.25) is 10.0 Å². The zero-order valence-electron chi connectivity index (χ0n) is 12.3. The lowest BCUT2D eigenvalue weighted by atomic mass is 10.1. The first-order valence-electron chi connectivity index (χ1n) is 6.53. The van der Waals surface area contributed by atoms with Crippen LogP contribution in [0.5, 0.6) is 0 Å². The average Bonchev–Trinajstić information content (AvgIpc) is 2.92. The number of amides is 1. The highest BCUT2D eigenvalue weighted by molar-refractivity contribution is 7.92. The fourth-order valence-corrected chi connectivity index (χ4v) is 2.83.